The second-order valence-electron chi connectivity index (χ2n) is 7.86. The van der Waals surface area contributed by atoms with Gasteiger partial charge in [-0.15, -0.1) is 0 Å². The Balaban J connectivity index is 2.06. The van der Waals surface area contributed by atoms with E-state index in [2.05, 4.69) is 45.5 Å². The van der Waals surface area contributed by atoms with Crippen LogP contribution in [0.5, 0.6) is 0 Å². The number of fused-ring (bicyclic) bond motifs is 3. The Hall–Kier alpha value is -0.533. The predicted molar refractivity (Wildman–Crippen MR) is 114 cm³/mol. The highest BCUT2D eigenvalue weighted by atomic mass is 79.9. The number of carbonyl (C=O) groups is 1. The minimum Gasteiger partial charge on any atom is -0.361 e. The first-order valence-electron chi connectivity index (χ1n) is 8.71. The fraction of sp³-hybridized carbons (Fsp3) is 0.500. The summed E-state index contributed by atoms with van der Waals surface area (Å²) in [6.07, 6.45) is 1.08. The minimum absolute atomic E-state index is 0.0282. The van der Waals surface area contributed by atoms with Crippen LogP contribution in [0.4, 0.5) is 0 Å². The minimum atomic E-state index is -1.15. The van der Waals surface area contributed by atoms with Gasteiger partial charge in [-0.25, -0.2) is 0 Å². The van der Waals surface area contributed by atoms with Crippen molar-refractivity contribution in [2.75, 3.05) is 13.2 Å². The molecule has 0 spiro atoms. The molecule has 1 aliphatic heterocycles. The smallest absolute Gasteiger partial charge is 0.224 e. The highest BCUT2D eigenvalue weighted by molar-refractivity contribution is 9.10. The molecule has 26 heavy (non-hydrogen) atoms. The van der Waals surface area contributed by atoms with Gasteiger partial charge in [0.2, 0.25) is 5.91 Å². The Bertz CT molecular complexity index is 861. The number of amides is 1. The summed E-state index contributed by atoms with van der Waals surface area (Å²) < 4.78 is 8.95. The number of ether oxygens (including phenoxy) is 1. The third-order valence-corrected chi connectivity index (χ3v) is 7.74. The molecule has 142 valence electrons. The maximum absolute atomic E-state index is 12.1. The first-order valence-corrected chi connectivity index (χ1v) is 14.0. The van der Waals surface area contributed by atoms with Crippen molar-refractivity contribution >= 4 is 64.0 Å². The van der Waals surface area contributed by atoms with Crippen molar-refractivity contribution in [2.24, 2.45) is 0 Å². The van der Waals surface area contributed by atoms with Gasteiger partial charge in [-0.3, -0.25) is 4.79 Å². The molecule has 0 bridgehead atoms. The van der Waals surface area contributed by atoms with E-state index in [0.29, 0.717) is 29.7 Å². The van der Waals surface area contributed by atoms with Gasteiger partial charge in [-0.1, -0.05) is 58.8 Å². The highest BCUT2D eigenvalue weighted by Crippen LogP contribution is 2.41. The summed E-state index contributed by atoms with van der Waals surface area (Å²) in [5, 5.41) is 4.90. The molecular weight excluding hydrogens is 455 g/mol. The van der Waals surface area contributed by atoms with Crippen LogP contribution in [0.15, 0.2) is 10.5 Å². The summed E-state index contributed by atoms with van der Waals surface area (Å²) in [6.45, 7) is 8.74. The van der Waals surface area contributed by atoms with E-state index in [-0.39, 0.29) is 5.91 Å². The van der Waals surface area contributed by atoms with Crippen LogP contribution in [-0.2, 0) is 29.1 Å². The Morgan fingerprint density at radius 1 is 1.35 bits per heavy atom. The molecule has 0 saturated carbocycles. The van der Waals surface area contributed by atoms with Crippen LogP contribution < -0.4 is 5.32 Å². The van der Waals surface area contributed by atoms with Crippen molar-refractivity contribution < 1.29 is 9.53 Å². The van der Waals surface area contributed by atoms with Crippen molar-refractivity contribution in [1.82, 2.24) is 9.88 Å². The molecule has 0 aliphatic carbocycles. The number of rotatable bonds is 5. The van der Waals surface area contributed by atoms with Crippen molar-refractivity contribution in [3.8, 4) is 0 Å². The molecule has 3 rings (SSSR count). The highest BCUT2D eigenvalue weighted by Gasteiger charge is 2.26. The fourth-order valence-corrected chi connectivity index (χ4v) is 5.26. The average molecular weight is 478 g/mol. The molecule has 0 fully saturated rings. The van der Waals surface area contributed by atoms with Crippen molar-refractivity contribution in [3.63, 3.8) is 0 Å². The van der Waals surface area contributed by atoms with Crippen LogP contribution in [0.2, 0.25) is 35.7 Å². The summed E-state index contributed by atoms with van der Waals surface area (Å²) in [5.41, 5.74) is 2.95. The van der Waals surface area contributed by atoms with Crippen LogP contribution in [0, 0.1) is 0 Å². The van der Waals surface area contributed by atoms with E-state index in [0.717, 1.165) is 45.7 Å². The largest absolute Gasteiger partial charge is 0.361 e. The monoisotopic (exact) mass is 476 g/mol. The number of carbonyl (C=O) groups excluding carboxylic acids is 1. The van der Waals surface area contributed by atoms with E-state index in [1.54, 1.807) is 6.07 Å². The molecule has 0 radical (unpaired) electrons. The van der Waals surface area contributed by atoms with E-state index in [1.165, 1.54) is 0 Å². The number of nitrogens with one attached hydrogen (secondary N) is 1. The molecule has 2 aromatic rings. The molecule has 0 atom stereocenters. The summed E-state index contributed by atoms with van der Waals surface area (Å²) in [4.78, 5) is 12.1. The normalized spacial score (nSPS) is 15.1. The Morgan fingerprint density at radius 3 is 2.77 bits per heavy atom. The molecule has 8 heteroatoms. The van der Waals surface area contributed by atoms with Gasteiger partial charge in [0.05, 0.1) is 22.0 Å². The van der Waals surface area contributed by atoms with Crippen LogP contribution in [0.3, 0.4) is 0 Å². The molecule has 1 aromatic heterocycles. The molecule has 0 unspecified atom stereocenters. The lowest BCUT2D eigenvalue weighted by atomic mass is 10.1. The van der Waals surface area contributed by atoms with Gasteiger partial charge in [0, 0.05) is 43.2 Å². The van der Waals surface area contributed by atoms with Crippen molar-refractivity contribution in [2.45, 2.75) is 45.3 Å². The second-order valence-corrected chi connectivity index (χ2v) is 15.1. The quantitative estimate of drug-likeness (QED) is 0.363. The van der Waals surface area contributed by atoms with Gasteiger partial charge in [0.25, 0.3) is 0 Å². The molecule has 2 heterocycles. The maximum atomic E-state index is 12.1. The van der Waals surface area contributed by atoms with Gasteiger partial charge >= 0.3 is 0 Å². The van der Waals surface area contributed by atoms with Crippen LogP contribution in [-0.4, -0.2) is 31.7 Å². The molecule has 0 saturated heterocycles. The molecule has 1 amide bonds. The lowest BCUT2D eigenvalue weighted by Gasteiger charge is -2.17. The number of nitrogens with zero attached hydrogens (tertiary/aromatic N) is 1. The number of hydrogen-bond acceptors (Lipinski definition) is 2. The zero-order valence-electron chi connectivity index (χ0n) is 15.2. The van der Waals surface area contributed by atoms with Gasteiger partial charge in [0.15, 0.2) is 0 Å². The lowest BCUT2D eigenvalue weighted by molar-refractivity contribution is -0.120. The number of halogens is 3. The van der Waals surface area contributed by atoms with Crippen LogP contribution >= 0.6 is 39.1 Å². The van der Waals surface area contributed by atoms with Gasteiger partial charge in [-0.05, 0) is 17.7 Å². The van der Waals surface area contributed by atoms with Crippen LogP contribution in [0.25, 0.3) is 10.9 Å². The van der Waals surface area contributed by atoms with Crippen LogP contribution in [0.1, 0.15) is 11.3 Å². The Labute approximate surface area is 173 Å². The molecule has 1 N–H and O–H groups in total. The van der Waals surface area contributed by atoms with Gasteiger partial charge < -0.3 is 14.6 Å². The summed E-state index contributed by atoms with van der Waals surface area (Å²) in [5.74, 6) is 0.0282. The van der Waals surface area contributed by atoms with Crippen molar-refractivity contribution in [3.05, 3.63) is 31.8 Å². The Kier molecular flexibility index (Phi) is 6.09. The zero-order valence-corrected chi connectivity index (χ0v) is 19.3. The molecule has 1 aromatic carbocycles. The van der Waals surface area contributed by atoms with E-state index < -0.39 is 8.07 Å². The topological polar surface area (TPSA) is 43.3 Å². The Morgan fingerprint density at radius 2 is 2.08 bits per heavy atom. The number of benzene rings is 1. The molecule has 4 nitrogen and oxygen atoms in total. The number of aromatic nitrogens is 1. The number of hydrogen-bond donors (Lipinski definition) is 1. The van der Waals surface area contributed by atoms with E-state index >= 15 is 0 Å². The fourth-order valence-electron chi connectivity index (χ4n) is 3.26. The van der Waals surface area contributed by atoms with E-state index in [4.69, 9.17) is 27.9 Å². The summed E-state index contributed by atoms with van der Waals surface area (Å²) >= 11 is 16.5. The second kappa shape index (κ2) is 7.84. The maximum Gasteiger partial charge on any atom is 0.224 e. The third kappa shape index (κ3) is 4.14. The third-order valence-electron chi connectivity index (χ3n) is 4.63. The van der Waals surface area contributed by atoms with E-state index in [9.17, 15) is 4.79 Å². The molecule has 1 aliphatic rings. The van der Waals surface area contributed by atoms with Gasteiger partial charge in [0.1, 0.15) is 6.73 Å². The van der Waals surface area contributed by atoms with Crippen molar-refractivity contribution in [1.29, 1.82) is 0 Å². The summed E-state index contributed by atoms with van der Waals surface area (Å²) in [6, 6.07) is 2.90. The zero-order chi connectivity index (χ0) is 19.1. The SMILES string of the molecule is C[Si](C)(C)CCOCn1c2c(c3c(Br)cc(Cl)c(Cl)c31)CC(=O)NCC2. The lowest BCUT2D eigenvalue weighted by Crippen LogP contribution is -2.24. The average Bonchev–Trinajstić information content (AvgIpc) is 2.69. The standard InChI is InChI=1S/C18H23BrCl2N2O2Si/c1-26(2,3)7-6-25-10-23-14-4-5-22-15(24)8-11(14)16-12(19)9-13(20)17(21)18(16)23/h9H,4-8,10H2,1-3H3,(H,22,24). The first kappa shape index (κ1) is 20.2. The first-order chi connectivity index (χ1) is 12.2. The van der Waals surface area contributed by atoms with E-state index in [1.807, 2.05) is 0 Å². The van der Waals surface area contributed by atoms with Gasteiger partial charge in [-0.2, -0.15) is 0 Å². The predicted octanol–water partition coefficient (Wildman–Crippen LogP) is 5.24. The summed E-state index contributed by atoms with van der Waals surface area (Å²) in [7, 11) is -1.15. The molecular formula is C18H23BrCl2N2O2Si.